The van der Waals surface area contributed by atoms with E-state index in [0.717, 1.165) is 0 Å². The second-order valence-corrected chi connectivity index (χ2v) is 1.93. The summed E-state index contributed by atoms with van der Waals surface area (Å²) >= 11 is 0. The number of carbonyl (C=O) groups excluding carboxylic acids is 2. The fourth-order valence-corrected chi connectivity index (χ4v) is 0.581. The predicted molar refractivity (Wildman–Crippen MR) is 42.1 cm³/mol. The van der Waals surface area contributed by atoms with Crippen molar-refractivity contribution >= 4 is 11.9 Å². The van der Waals surface area contributed by atoms with Crippen LogP contribution in [-0.4, -0.2) is 25.2 Å². The van der Waals surface area contributed by atoms with Crippen LogP contribution in [0.5, 0.6) is 0 Å². The molecule has 0 aliphatic carbocycles. The first-order valence-electron chi connectivity index (χ1n) is 3.78. The first-order valence-corrected chi connectivity index (χ1v) is 3.78. The summed E-state index contributed by atoms with van der Waals surface area (Å²) in [6.07, 6.45) is 0. The molecule has 0 amide bonds. The van der Waals surface area contributed by atoms with E-state index in [1.54, 1.807) is 13.8 Å². The molecule has 0 atom stereocenters. The largest absolute Gasteiger partial charge is 1.00 e. The molecule has 0 aromatic heterocycles. The second-order valence-electron chi connectivity index (χ2n) is 1.93. The van der Waals surface area contributed by atoms with Crippen LogP contribution in [0.4, 0.5) is 0 Å². The molecule has 0 saturated heterocycles. The first-order chi connectivity index (χ1) is 6.17. The van der Waals surface area contributed by atoms with E-state index in [2.05, 4.69) is 9.47 Å². The molecule has 6 heteroatoms. The first kappa shape index (κ1) is 15.8. The summed E-state index contributed by atoms with van der Waals surface area (Å²) < 4.78 is 8.93. The summed E-state index contributed by atoms with van der Waals surface area (Å²) in [4.78, 5) is 21.8. The van der Waals surface area contributed by atoms with Gasteiger partial charge in [0.05, 0.1) is 13.2 Å². The summed E-state index contributed by atoms with van der Waals surface area (Å²) in [5.74, 6) is -2.50. The maximum absolute atomic E-state index is 10.9. The van der Waals surface area contributed by atoms with Gasteiger partial charge in [-0.15, -0.1) is 0 Å². The molecule has 0 aliphatic heterocycles. The Bertz CT molecular complexity index is 218. The number of nitriles is 1. The van der Waals surface area contributed by atoms with Crippen molar-refractivity contribution in [1.82, 2.24) is 0 Å². The van der Waals surface area contributed by atoms with Gasteiger partial charge < -0.3 is 9.47 Å². The van der Waals surface area contributed by atoms with Crippen molar-refractivity contribution in [3.05, 3.63) is 5.92 Å². The molecule has 14 heavy (non-hydrogen) atoms. The van der Waals surface area contributed by atoms with Crippen molar-refractivity contribution in [2.75, 3.05) is 13.2 Å². The van der Waals surface area contributed by atoms with Crippen LogP contribution in [0.1, 0.15) is 13.8 Å². The Balaban J connectivity index is 0. The number of carbonyl (C=O) groups is 2. The van der Waals surface area contributed by atoms with Crippen LogP contribution in [0, 0.1) is 17.2 Å². The fraction of sp³-hybridized carbons (Fsp3) is 0.500. The van der Waals surface area contributed by atoms with Gasteiger partial charge in [-0.25, -0.2) is 5.26 Å². The molecule has 0 aromatic rings. The van der Waals surface area contributed by atoms with Crippen LogP contribution in [0.25, 0.3) is 0 Å². The number of nitrogens with zero attached hydrogens (tertiary/aromatic N) is 1. The number of esters is 2. The summed E-state index contributed by atoms with van der Waals surface area (Å²) in [6.45, 7) is 3.39. The maximum atomic E-state index is 10.9. The topological polar surface area (TPSA) is 76.4 Å². The van der Waals surface area contributed by atoms with Crippen LogP contribution in [0.2, 0.25) is 0 Å². The van der Waals surface area contributed by atoms with Crippen molar-refractivity contribution < 1.29 is 48.6 Å². The van der Waals surface area contributed by atoms with Gasteiger partial charge in [-0.05, 0) is 13.8 Å². The van der Waals surface area contributed by atoms with E-state index in [4.69, 9.17) is 5.26 Å². The standard InChI is InChI=1S/C8H10NO4.Na/c1-3-12-7(10)6(5-9)8(11)13-4-2;/h3-4H2,1-2H3;/q-1;+1. The monoisotopic (exact) mass is 207 g/mol. The average molecular weight is 207 g/mol. The van der Waals surface area contributed by atoms with Gasteiger partial charge in [0.2, 0.25) is 0 Å². The molecule has 0 rings (SSSR count). The minimum Gasteiger partial charge on any atom is -0.487 e. The quantitative estimate of drug-likeness (QED) is 0.215. The van der Waals surface area contributed by atoms with Crippen LogP contribution >= 0.6 is 0 Å². The molecule has 72 valence electrons. The van der Waals surface area contributed by atoms with Crippen molar-refractivity contribution in [2.45, 2.75) is 13.8 Å². The summed E-state index contributed by atoms with van der Waals surface area (Å²) in [5.41, 5.74) is 0. The molecule has 0 aromatic carbocycles. The smallest absolute Gasteiger partial charge is 0.487 e. The molecule has 0 spiro atoms. The number of hydrogen-bond donors (Lipinski definition) is 0. The van der Waals surface area contributed by atoms with Crippen LogP contribution < -0.4 is 29.6 Å². The molecular weight excluding hydrogens is 197 g/mol. The molecule has 0 radical (unpaired) electrons. The van der Waals surface area contributed by atoms with Gasteiger partial charge in [0.1, 0.15) is 0 Å². The zero-order chi connectivity index (χ0) is 10.3. The molecule has 0 saturated carbocycles. The SMILES string of the molecule is CCOC(=O)[C-](C#N)C(=O)OCC.[Na+]. The van der Waals surface area contributed by atoms with Gasteiger partial charge in [-0.1, -0.05) is 12.0 Å². The van der Waals surface area contributed by atoms with Gasteiger partial charge in [0.15, 0.2) is 11.9 Å². The number of ether oxygens (including phenoxy) is 2. The minimum atomic E-state index is -0.941. The van der Waals surface area contributed by atoms with E-state index in [1.165, 1.54) is 6.07 Å². The van der Waals surface area contributed by atoms with Gasteiger partial charge >= 0.3 is 29.6 Å². The third kappa shape index (κ3) is 5.12. The summed E-state index contributed by atoms with van der Waals surface area (Å²) in [5, 5.41) is 8.43. The van der Waals surface area contributed by atoms with Crippen LogP contribution in [0.3, 0.4) is 0 Å². The number of hydrogen-bond acceptors (Lipinski definition) is 5. The zero-order valence-electron chi connectivity index (χ0n) is 8.49. The van der Waals surface area contributed by atoms with Gasteiger partial charge in [0.25, 0.3) is 0 Å². The maximum Gasteiger partial charge on any atom is 1.00 e. The number of rotatable bonds is 4. The van der Waals surface area contributed by atoms with E-state index in [9.17, 15) is 9.59 Å². The Labute approximate surface area is 105 Å². The molecule has 0 fully saturated rings. The third-order valence-electron chi connectivity index (χ3n) is 1.07. The van der Waals surface area contributed by atoms with E-state index >= 15 is 0 Å². The van der Waals surface area contributed by atoms with Gasteiger partial charge in [-0.2, -0.15) is 0 Å². The molecular formula is C8H10NNaO4. The Hall–Kier alpha value is -0.700. The molecule has 0 unspecified atom stereocenters. The van der Waals surface area contributed by atoms with Crippen molar-refractivity contribution in [1.29, 1.82) is 5.26 Å². The average Bonchev–Trinajstić information content (AvgIpc) is 2.06. The Morgan fingerprint density at radius 2 is 1.57 bits per heavy atom. The minimum absolute atomic E-state index is 0. The van der Waals surface area contributed by atoms with Crippen molar-refractivity contribution in [3.63, 3.8) is 0 Å². The molecule has 0 N–H and O–H groups in total. The molecule has 5 nitrogen and oxygen atoms in total. The summed E-state index contributed by atoms with van der Waals surface area (Å²) in [6, 6.07) is 1.44. The predicted octanol–water partition coefficient (Wildman–Crippen LogP) is -2.79. The molecule has 0 aliphatic rings. The normalized spacial score (nSPS) is 7.79. The van der Waals surface area contributed by atoms with Gasteiger partial charge in [0, 0.05) is 0 Å². The molecule has 0 bridgehead atoms. The second kappa shape index (κ2) is 8.88. The van der Waals surface area contributed by atoms with E-state index in [-0.39, 0.29) is 42.8 Å². The molecule has 0 heterocycles. The Kier molecular flexibility index (Phi) is 9.99. The van der Waals surface area contributed by atoms with E-state index < -0.39 is 17.9 Å². The van der Waals surface area contributed by atoms with Crippen molar-refractivity contribution in [2.24, 2.45) is 0 Å². The van der Waals surface area contributed by atoms with E-state index in [1.807, 2.05) is 0 Å². The van der Waals surface area contributed by atoms with Crippen molar-refractivity contribution in [3.8, 4) is 6.07 Å². The fourth-order valence-electron chi connectivity index (χ4n) is 0.581. The van der Waals surface area contributed by atoms with E-state index in [0.29, 0.717) is 0 Å². The van der Waals surface area contributed by atoms with Crippen LogP contribution in [-0.2, 0) is 19.1 Å². The van der Waals surface area contributed by atoms with Gasteiger partial charge in [-0.3, -0.25) is 9.59 Å². The third-order valence-corrected chi connectivity index (χ3v) is 1.07. The zero-order valence-corrected chi connectivity index (χ0v) is 10.5. The Morgan fingerprint density at radius 1 is 1.21 bits per heavy atom. The summed E-state index contributed by atoms with van der Waals surface area (Å²) in [7, 11) is 0. The Morgan fingerprint density at radius 3 is 1.79 bits per heavy atom. The van der Waals surface area contributed by atoms with Crippen LogP contribution in [0.15, 0.2) is 0 Å².